The quantitative estimate of drug-likeness (QED) is 0.836. The van der Waals surface area contributed by atoms with Crippen molar-refractivity contribution in [1.82, 2.24) is 10.3 Å². The van der Waals surface area contributed by atoms with E-state index in [1.165, 1.54) is 18.4 Å². The third-order valence-corrected chi connectivity index (χ3v) is 3.78. The summed E-state index contributed by atoms with van der Waals surface area (Å²) in [5.41, 5.74) is 2.28. The number of carbonyl (C=O) groups is 1. The Morgan fingerprint density at radius 3 is 3.12 bits per heavy atom. The van der Waals surface area contributed by atoms with Crippen LogP contribution in [0.15, 0.2) is 18.3 Å². The van der Waals surface area contributed by atoms with Crippen molar-refractivity contribution in [2.24, 2.45) is 5.92 Å². The normalized spacial score (nSPS) is 22.5. The number of pyridine rings is 1. The van der Waals surface area contributed by atoms with Gasteiger partial charge in [-0.15, -0.1) is 0 Å². The molecule has 0 amide bonds. The van der Waals surface area contributed by atoms with Crippen LogP contribution in [-0.2, 0) is 11.2 Å². The lowest BCUT2D eigenvalue weighted by molar-refractivity contribution is -0.119. The van der Waals surface area contributed by atoms with Crippen LogP contribution in [0.2, 0.25) is 0 Å². The van der Waals surface area contributed by atoms with Gasteiger partial charge in [-0.2, -0.15) is 0 Å². The average Bonchev–Trinajstić information content (AvgIpc) is 3.07. The fraction of sp³-hybridized carbons (Fsp3) is 0.571. The van der Waals surface area contributed by atoms with E-state index in [-0.39, 0.29) is 5.92 Å². The number of aromatic nitrogens is 1. The maximum atomic E-state index is 12.1. The van der Waals surface area contributed by atoms with Crippen LogP contribution < -0.4 is 5.32 Å². The molecule has 3 rings (SSSR count). The Morgan fingerprint density at radius 2 is 2.29 bits per heavy atom. The van der Waals surface area contributed by atoms with Crippen LogP contribution in [-0.4, -0.2) is 23.9 Å². The van der Waals surface area contributed by atoms with Crippen molar-refractivity contribution in [2.75, 3.05) is 13.1 Å². The van der Waals surface area contributed by atoms with E-state index < -0.39 is 0 Å². The molecule has 1 aromatic heterocycles. The fourth-order valence-electron chi connectivity index (χ4n) is 2.57. The number of aryl methyl sites for hydroxylation is 1. The molecule has 1 aromatic rings. The van der Waals surface area contributed by atoms with Crippen LogP contribution in [0.1, 0.15) is 36.4 Å². The molecule has 1 N–H and O–H groups in total. The predicted octanol–water partition coefficient (Wildman–Crippen LogP) is 1.68. The molecule has 0 aromatic carbocycles. The van der Waals surface area contributed by atoms with Gasteiger partial charge in [0.15, 0.2) is 5.78 Å². The van der Waals surface area contributed by atoms with E-state index in [4.69, 9.17) is 0 Å². The standard InChI is InChI=1S/C14H18N2O/c17-13(9-15-8-10-3-4-10)12-6-5-11-2-1-7-16-14(11)12/h1-2,7,10,12,15H,3-6,8-9H2. The summed E-state index contributed by atoms with van der Waals surface area (Å²) in [5.74, 6) is 1.18. The molecule has 1 fully saturated rings. The lowest BCUT2D eigenvalue weighted by Gasteiger charge is -2.10. The molecule has 1 saturated carbocycles. The highest BCUT2D eigenvalue weighted by atomic mass is 16.1. The Morgan fingerprint density at radius 1 is 1.41 bits per heavy atom. The van der Waals surface area contributed by atoms with Crippen LogP contribution in [0, 0.1) is 5.92 Å². The topological polar surface area (TPSA) is 42.0 Å². The van der Waals surface area contributed by atoms with Crippen molar-refractivity contribution < 1.29 is 4.79 Å². The molecule has 3 nitrogen and oxygen atoms in total. The summed E-state index contributed by atoms with van der Waals surface area (Å²) in [6, 6.07) is 4.05. The third-order valence-electron chi connectivity index (χ3n) is 3.78. The summed E-state index contributed by atoms with van der Waals surface area (Å²) < 4.78 is 0. The van der Waals surface area contributed by atoms with Crippen LogP contribution in [0.25, 0.3) is 0 Å². The second-order valence-electron chi connectivity index (χ2n) is 5.18. The van der Waals surface area contributed by atoms with Gasteiger partial charge in [0.05, 0.1) is 18.2 Å². The number of hydrogen-bond donors (Lipinski definition) is 1. The largest absolute Gasteiger partial charge is 0.310 e. The van der Waals surface area contributed by atoms with Crippen molar-refractivity contribution in [1.29, 1.82) is 0 Å². The minimum absolute atomic E-state index is 0.0397. The highest BCUT2D eigenvalue weighted by Gasteiger charge is 2.29. The van der Waals surface area contributed by atoms with Crippen molar-refractivity contribution in [3.05, 3.63) is 29.6 Å². The number of rotatable bonds is 5. The highest BCUT2D eigenvalue weighted by Crippen LogP contribution is 2.31. The molecule has 90 valence electrons. The summed E-state index contributed by atoms with van der Waals surface area (Å²) in [6.45, 7) is 1.52. The number of ketones is 1. The molecule has 1 unspecified atom stereocenters. The zero-order valence-corrected chi connectivity index (χ0v) is 9.98. The first kappa shape index (κ1) is 10.9. The number of nitrogens with zero attached hydrogens (tertiary/aromatic N) is 1. The second-order valence-corrected chi connectivity index (χ2v) is 5.18. The van der Waals surface area contributed by atoms with Crippen LogP contribution in [0.5, 0.6) is 0 Å². The number of carbonyl (C=O) groups excluding carboxylic acids is 1. The number of nitrogens with one attached hydrogen (secondary N) is 1. The maximum Gasteiger partial charge on any atom is 0.155 e. The molecule has 17 heavy (non-hydrogen) atoms. The van der Waals surface area contributed by atoms with E-state index in [0.29, 0.717) is 12.3 Å². The molecule has 0 bridgehead atoms. The number of hydrogen-bond acceptors (Lipinski definition) is 3. The molecule has 2 aliphatic rings. The summed E-state index contributed by atoms with van der Waals surface area (Å²) in [7, 11) is 0. The lowest BCUT2D eigenvalue weighted by Crippen LogP contribution is -2.28. The first-order valence-electron chi connectivity index (χ1n) is 6.52. The third kappa shape index (κ3) is 2.39. The van der Waals surface area contributed by atoms with Gasteiger partial charge in [0, 0.05) is 6.20 Å². The monoisotopic (exact) mass is 230 g/mol. The fourth-order valence-corrected chi connectivity index (χ4v) is 2.57. The number of Topliss-reactive ketones (excluding diaryl/α,β-unsaturated/α-hetero) is 1. The molecule has 0 aliphatic heterocycles. The summed E-state index contributed by atoms with van der Waals surface area (Å²) in [4.78, 5) is 16.5. The van der Waals surface area contributed by atoms with Crippen molar-refractivity contribution in [3.8, 4) is 0 Å². The van der Waals surface area contributed by atoms with Gasteiger partial charge in [-0.05, 0) is 49.8 Å². The van der Waals surface area contributed by atoms with Crippen molar-refractivity contribution >= 4 is 5.78 Å². The highest BCUT2D eigenvalue weighted by molar-refractivity contribution is 5.88. The minimum Gasteiger partial charge on any atom is -0.310 e. The Kier molecular flexibility index (Phi) is 2.93. The van der Waals surface area contributed by atoms with E-state index in [1.807, 2.05) is 6.07 Å². The van der Waals surface area contributed by atoms with E-state index >= 15 is 0 Å². The number of fused-ring (bicyclic) bond motifs is 1. The molecule has 2 aliphatic carbocycles. The summed E-state index contributed by atoms with van der Waals surface area (Å²) in [5, 5.41) is 3.28. The van der Waals surface area contributed by atoms with Gasteiger partial charge in [0.25, 0.3) is 0 Å². The first-order chi connectivity index (χ1) is 8.34. The van der Waals surface area contributed by atoms with E-state index in [2.05, 4.69) is 16.4 Å². The zero-order chi connectivity index (χ0) is 11.7. The molecule has 1 atom stereocenters. The SMILES string of the molecule is O=C(CNCC1CC1)C1CCc2cccnc21. The van der Waals surface area contributed by atoms with Gasteiger partial charge in [-0.3, -0.25) is 9.78 Å². The van der Waals surface area contributed by atoms with Crippen molar-refractivity contribution in [3.63, 3.8) is 0 Å². The van der Waals surface area contributed by atoms with Gasteiger partial charge in [0.1, 0.15) is 0 Å². The Labute approximate surface area is 102 Å². The predicted molar refractivity (Wildman–Crippen MR) is 65.9 cm³/mol. The van der Waals surface area contributed by atoms with Crippen molar-refractivity contribution in [2.45, 2.75) is 31.6 Å². The molecule has 3 heteroatoms. The Hall–Kier alpha value is -1.22. The van der Waals surface area contributed by atoms with Gasteiger partial charge < -0.3 is 5.32 Å². The molecule has 1 heterocycles. The second kappa shape index (κ2) is 4.57. The summed E-state index contributed by atoms with van der Waals surface area (Å²) in [6.07, 6.45) is 6.39. The lowest BCUT2D eigenvalue weighted by atomic mass is 10.0. The maximum absolute atomic E-state index is 12.1. The minimum atomic E-state index is 0.0397. The summed E-state index contributed by atoms with van der Waals surface area (Å²) >= 11 is 0. The smallest absolute Gasteiger partial charge is 0.155 e. The first-order valence-corrected chi connectivity index (χ1v) is 6.52. The Bertz CT molecular complexity index is 426. The van der Waals surface area contributed by atoms with Gasteiger partial charge >= 0.3 is 0 Å². The molecular weight excluding hydrogens is 212 g/mol. The van der Waals surface area contributed by atoms with Crippen LogP contribution in [0.3, 0.4) is 0 Å². The van der Waals surface area contributed by atoms with Gasteiger partial charge in [-0.1, -0.05) is 6.07 Å². The van der Waals surface area contributed by atoms with E-state index in [9.17, 15) is 4.79 Å². The Balaban J connectivity index is 1.58. The zero-order valence-electron chi connectivity index (χ0n) is 9.98. The molecular formula is C14H18N2O. The van der Waals surface area contributed by atoms with Crippen LogP contribution >= 0.6 is 0 Å². The molecule has 0 saturated heterocycles. The van der Waals surface area contributed by atoms with E-state index in [0.717, 1.165) is 31.0 Å². The average molecular weight is 230 g/mol. The molecule has 0 radical (unpaired) electrons. The molecule has 0 spiro atoms. The van der Waals surface area contributed by atoms with Crippen LogP contribution in [0.4, 0.5) is 0 Å². The van der Waals surface area contributed by atoms with E-state index in [1.54, 1.807) is 6.20 Å². The van der Waals surface area contributed by atoms with Gasteiger partial charge in [0.2, 0.25) is 0 Å². The van der Waals surface area contributed by atoms with Gasteiger partial charge in [-0.25, -0.2) is 0 Å².